The van der Waals surface area contributed by atoms with E-state index in [4.69, 9.17) is 5.11 Å². The Balaban J connectivity index is 2.00. The standard InChI is InChI=1S/C14H18FNO2/c1-2-10(7-9-3-4-9)16-14(18)12-6-5-11(17)8-13(12)15/h5-6,8-10,17H,2-4,7H2,1H3,(H,16,18). The number of aromatic hydroxyl groups is 1. The van der Waals surface area contributed by atoms with Gasteiger partial charge < -0.3 is 10.4 Å². The number of halogens is 1. The van der Waals surface area contributed by atoms with Crippen molar-refractivity contribution in [2.75, 3.05) is 0 Å². The highest BCUT2D eigenvalue weighted by Crippen LogP contribution is 2.34. The molecular formula is C14H18FNO2. The maximum absolute atomic E-state index is 13.5. The van der Waals surface area contributed by atoms with Gasteiger partial charge in [-0.2, -0.15) is 0 Å². The van der Waals surface area contributed by atoms with Crippen LogP contribution in [0.25, 0.3) is 0 Å². The zero-order valence-corrected chi connectivity index (χ0v) is 10.4. The Labute approximate surface area is 106 Å². The smallest absolute Gasteiger partial charge is 0.254 e. The number of carbonyl (C=O) groups is 1. The van der Waals surface area contributed by atoms with Crippen LogP contribution in [0.3, 0.4) is 0 Å². The quantitative estimate of drug-likeness (QED) is 0.845. The molecule has 1 unspecified atom stereocenters. The van der Waals surface area contributed by atoms with Crippen LogP contribution in [0.4, 0.5) is 4.39 Å². The second kappa shape index (κ2) is 5.38. The average molecular weight is 251 g/mol. The molecule has 1 aromatic rings. The molecule has 1 aromatic carbocycles. The number of carbonyl (C=O) groups excluding carboxylic acids is 1. The van der Waals surface area contributed by atoms with Crippen LogP contribution in [0.1, 0.15) is 43.0 Å². The van der Waals surface area contributed by atoms with Gasteiger partial charge in [0.2, 0.25) is 0 Å². The first kappa shape index (κ1) is 12.9. The Bertz CT molecular complexity index is 443. The van der Waals surface area contributed by atoms with E-state index >= 15 is 0 Å². The zero-order chi connectivity index (χ0) is 13.1. The third kappa shape index (κ3) is 3.22. The molecule has 18 heavy (non-hydrogen) atoms. The molecule has 0 heterocycles. The van der Waals surface area contributed by atoms with Crippen LogP contribution in [0, 0.1) is 11.7 Å². The Morgan fingerprint density at radius 1 is 1.56 bits per heavy atom. The molecular weight excluding hydrogens is 233 g/mol. The van der Waals surface area contributed by atoms with Gasteiger partial charge in [0, 0.05) is 12.1 Å². The lowest BCUT2D eigenvalue weighted by Crippen LogP contribution is -2.35. The zero-order valence-electron chi connectivity index (χ0n) is 10.4. The van der Waals surface area contributed by atoms with Crippen LogP contribution in [-0.2, 0) is 0 Å². The van der Waals surface area contributed by atoms with Crippen molar-refractivity contribution >= 4 is 5.91 Å². The van der Waals surface area contributed by atoms with Gasteiger partial charge in [0.15, 0.2) is 0 Å². The van der Waals surface area contributed by atoms with E-state index in [-0.39, 0.29) is 17.4 Å². The minimum atomic E-state index is -0.686. The molecule has 4 heteroatoms. The largest absolute Gasteiger partial charge is 0.508 e. The third-order valence-electron chi connectivity index (χ3n) is 3.34. The summed E-state index contributed by atoms with van der Waals surface area (Å²) in [7, 11) is 0. The predicted octanol–water partition coefficient (Wildman–Crippen LogP) is 2.84. The molecule has 2 rings (SSSR count). The maximum Gasteiger partial charge on any atom is 0.254 e. The molecule has 1 fully saturated rings. The van der Waals surface area contributed by atoms with Gasteiger partial charge in [-0.25, -0.2) is 4.39 Å². The fraction of sp³-hybridized carbons (Fsp3) is 0.500. The van der Waals surface area contributed by atoms with Crippen molar-refractivity contribution in [3.8, 4) is 5.75 Å². The first-order valence-corrected chi connectivity index (χ1v) is 6.39. The van der Waals surface area contributed by atoms with Crippen LogP contribution in [0.5, 0.6) is 5.75 Å². The summed E-state index contributed by atoms with van der Waals surface area (Å²) >= 11 is 0. The first-order valence-electron chi connectivity index (χ1n) is 6.39. The van der Waals surface area contributed by atoms with E-state index in [9.17, 15) is 9.18 Å². The average Bonchev–Trinajstić information content (AvgIpc) is 3.11. The molecule has 2 N–H and O–H groups in total. The minimum Gasteiger partial charge on any atom is -0.508 e. The second-order valence-corrected chi connectivity index (χ2v) is 4.92. The minimum absolute atomic E-state index is 0.0120. The van der Waals surface area contributed by atoms with Crippen LogP contribution >= 0.6 is 0 Å². The number of hydrogen-bond donors (Lipinski definition) is 2. The third-order valence-corrected chi connectivity index (χ3v) is 3.34. The topological polar surface area (TPSA) is 49.3 Å². The fourth-order valence-electron chi connectivity index (χ4n) is 2.03. The Morgan fingerprint density at radius 2 is 2.28 bits per heavy atom. The molecule has 0 saturated heterocycles. The molecule has 1 aliphatic carbocycles. The van der Waals surface area contributed by atoms with E-state index in [1.165, 1.54) is 25.0 Å². The molecule has 0 radical (unpaired) electrons. The van der Waals surface area contributed by atoms with Gasteiger partial charge in [-0.3, -0.25) is 4.79 Å². The summed E-state index contributed by atoms with van der Waals surface area (Å²) < 4.78 is 13.5. The summed E-state index contributed by atoms with van der Waals surface area (Å²) in [6.07, 6.45) is 4.30. The normalized spacial score (nSPS) is 16.3. The van der Waals surface area contributed by atoms with Gasteiger partial charge in [0.25, 0.3) is 5.91 Å². The lowest BCUT2D eigenvalue weighted by Gasteiger charge is -2.16. The summed E-state index contributed by atoms with van der Waals surface area (Å²) in [5.41, 5.74) is -0.0120. The van der Waals surface area contributed by atoms with Crippen molar-refractivity contribution in [1.82, 2.24) is 5.32 Å². The van der Waals surface area contributed by atoms with Crippen molar-refractivity contribution in [3.05, 3.63) is 29.6 Å². The van der Waals surface area contributed by atoms with Crippen molar-refractivity contribution in [2.45, 2.75) is 38.6 Å². The molecule has 3 nitrogen and oxygen atoms in total. The fourth-order valence-corrected chi connectivity index (χ4v) is 2.03. The number of amides is 1. The number of benzene rings is 1. The van der Waals surface area contributed by atoms with Crippen LogP contribution < -0.4 is 5.32 Å². The molecule has 1 aliphatic rings. The molecule has 0 spiro atoms. The highest BCUT2D eigenvalue weighted by Gasteiger charge is 2.26. The number of hydrogen-bond acceptors (Lipinski definition) is 2. The summed E-state index contributed by atoms with van der Waals surface area (Å²) in [4.78, 5) is 11.9. The van der Waals surface area contributed by atoms with E-state index in [2.05, 4.69) is 5.32 Å². The number of rotatable bonds is 5. The van der Waals surface area contributed by atoms with Gasteiger partial charge in [-0.1, -0.05) is 19.8 Å². The van der Waals surface area contributed by atoms with Crippen LogP contribution in [0.2, 0.25) is 0 Å². The summed E-state index contributed by atoms with van der Waals surface area (Å²) in [6.45, 7) is 2.01. The van der Waals surface area contributed by atoms with E-state index in [1.807, 2.05) is 6.92 Å². The van der Waals surface area contributed by atoms with Gasteiger partial charge >= 0.3 is 0 Å². The molecule has 1 atom stereocenters. The van der Waals surface area contributed by atoms with Crippen molar-refractivity contribution in [2.24, 2.45) is 5.92 Å². The molecule has 1 amide bonds. The van der Waals surface area contributed by atoms with Crippen molar-refractivity contribution in [3.63, 3.8) is 0 Å². The first-order chi connectivity index (χ1) is 8.60. The van der Waals surface area contributed by atoms with Gasteiger partial charge in [0.05, 0.1) is 5.56 Å². The molecule has 0 bridgehead atoms. The predicted molar refractivity (Wildman–Crippen MR) is 67.0 cm³/mol. The molecule has 0 aliphatic heterocycles. The van der Waals surface area contributed by atoms with Gasteiger partial charge in [-0.05, 0) is 30.9 Å². The summed E-state index contributed by atoms with van der Waals surface area (Å²) in [6, 6.07) is 3.69. The SMILES string of the molecule is CCC(CC1CC1)NC(=O)c1ccc(O)cc1F. The van der Waals surface area contributed by atoms with Crippen LogP contribution in [0.15, 0.2) is 18.2 Å². The lowest BCUT2D eigenvalue weighted by atomic mass is 10.1. The monoisotopic (exact) mass is 251 g/mol. The van der Waals surface area contributed by atoms with E-state index in [0.717, 1.165) is 24.8 Å². The van der Waals surface area contributed by atoms with Crippen molar-refractivity contribution in [1.29, 1.82) is 0 Å². The number of phenols is 1. The Kier molecular flexibility index (Phi) is 3.84. The van der Waals surface area contributed by atoms with E-state index in [0.29, 0.717) is 0 Å². The summed E-state index contributed by atoms with van der Waals surface area (Å²) in [5.74, 6) is -0.539. The van der Waals surface area contributed by atoms with E-state index < -0.39 is 11.7 Å². The van der Waals surface area contributed by atoms with Crippen molar-refractivity contribution < 1.29 is 14.3 Å². The van der Waals surface area contributed by atoms with Gasteiger partial charge in [-0.15, -0.1) is 0 Å². The number of phenolic OH excluding ortho intramolecular Hbond substituents is 1. The van der Waals surface area contributed by atoms with Crippen LogP contribution in [-0.4, -0.2) is 17.1 Å². The highest BCUT2D eigenvalue weighted by atomic mass is 19.1. The molecule has 0 aromatic heterocycles. The highest BCUT2D eigenvalue weighted by molar-refractivity contribution is 5.94. The molecule has 1 saturated carbocycles. The number of nitrogens with one attached hydrogen (secondary N) is 1. The lowest BCUT2D eigenvalue weighted by molar-refractivity contribution is 0.0928. The van der Waals surface area contributed by atoms with E-state index in [1.54, 1.807) is 0 Å². The maximum atomic E-state index is 13.5. The second-order valence-electron chi connectivity index (χ2n) is 4.92. The van der Waals surface area contributed by atoms with Gasteiger partial charge in [0.1, 0.15) is 11.6 Å². The Morgan fingerprint density at radius 3 is 2.83 bits per heavy atom. The Hall–Kier alpha value is -1.58. The molecule has 98 valence electrons. The summed E-state index contributed by atoms with van der Waals surface area (Å²) in [5, 5.41) is 12.0.